The van der Waals surface area contributed by atoms with Crippen LogP contribution in [0.3, 0.4) is 0 Å². The van der Waals surface area contributed by atoms with Gasteiger partial charge in [0.25, 0.3) is 17.6 Å². The van der Waals surface area contributed by atoms with Crippen molar-refractivity contribution in [2.24, 2.45) is 5.73 Å². The molecule has 28 heavy (non-hydrogen) atoms. The minimum atomic E-state index is -1.39. The van der Waals surface area contributed by atoms with Gasteiger partial charge in [-0.2, -0.15) is 0 Å². The number of anilines is 1. The number of nitrogen functional groups attached to an aromatic ring is 1. The smallest absolute Gasteiger partial charge is 0.404 e. The Morgan fingerprint density at radius 1 is 1.39 bits per heavy atom. The summed E-state index contributed by atoms with van der Waals surface area (Å²) in [6.45, 7) is -0.374. The normalized spacial score (nSPS) is 20.9. The number of aliphatic carboxylic acids is 1. The molecule has 3 amide bonds. The standard InChI is InChI=1S/C14H13N5O7S2/c15-13-17-5(3-28-13)8(20)9(21)18-6-10(22)19-7(12(23)24)4(1-26-14(16)25)2-27-11(6)19/h3,6,11H,1-2H2,(H2,15,17)(H2,16,25)(H,18,21)(H,23,24)/t6?,11-/m0/s1. The number of carbonyl (C=O) groups excluding carboxylic acids is 4. The van der Waals surface area contributed by atoms with E-state index in [1.165, 1.54) is 5.38 Å². The maximum atomic E-state index is 12.4. The minimum absolute atomic E-state index is 0.117. The highest BCUT2D eigenvalue weighted by molar-refractivity contribution is 8.00. The van der Waals surface area contributed by atoms with Crippen LogP contribution in [0.5, 0.6) is 0 Å². The summed E-state index contributed by atoms with van der Waals surface area (Å²) in [5, 5.41) is 12.4. The van der Waals surface area contributed by atoms with E-state index in [2.05, 4.69) is 15.0 Å². The number of hydrogen-bond acceptors (Lipinski definition) is 10. The molecular weight excluding hydrogens is 414 g/mol. The van der Waals surface area contributed by atoms with Crippen molar-refractivity contribution in [2.45, 2.75) is 11.4 Å². The molecule has 1 aromatic rings. The third kappa shape index (κ3) is 3.50. The molecule has 3 heterocycles. The number of hydrogen-bond donors (Lipinski definition) is 4. The fourth-order valence-corrected chi connectivity index (χ4v) is 4.54. The number of thioether (sulfide) groups is 1. The molecule has 0 saturated carbocycles. The van der Waals surface area contributed by atoms with Crippen LogP contribution < -0.4 is 16.8 Å². The van der Waals surface area contributed by atoms with E-state index in [9.17, 15) is 29.1 Å². The number of nitrogens with two attached hydrogens (primary N) is 2. The summed E-state index contributed by atoms with van der Waals surface area (Å²) in [7, 11) is 0. The number of fused-ring (bicyclic) bond motifs is 1. The lowest BCUT2D eigenvalue weighted by Gasteiger charge is -2.49. The highest BCUT2D eigenvalue weighted by atomic mass is 32.2. The summed E-state index contributed by atoms with van der Waals surface area (Å²) < 4.78 is 4.61. The van der Waals surface area contributed by atoms with Crippen molar-refractivity contribution in [1.29, 1.82) is 0 Å². The Bertz CT molecular complexity index is 927. The number of amides is 3. The molecular formula is C14H13N5O7S2. The van der Waals surface area contributed by atoms with E-state index in [0.29, 0.717) is 0 Å². The average molecular weight is 427 g/mol. The van der Waals surface area contributed by atoms with Crippen molar-refractivity contribution in [1.82, 2.24) is 15.2 Å². The molecule has 1 aromatic heterocycles. The van der Waals surface area contributed by atoms with Gasteiger partial charge in [-0.05, 0) is 0 Å². The van der Waals surface area contributed by atoms with E-state index < -0.39 is 41.1 Å². The molecule has 12 nitrogen and oxygen atoms in total. The molecule has 0 radical (unpaired) electrons. The van der Waals surface area contributed by atoms with Gasteiger partial charge in [-0.3, -0.25) is 19.3 Å². The monoisotopic (exact) mass is 427 g/mol. The molecule has 0 bridgehead atoms. The lowest BCUT2D eigenvalue weighted by atomic mass is 10.0. The molecule has 6 N–H and O–H groups in total. The Morgan fingerprint density at radius 3 is 2.68 bits per heavy atom. The van der Waals surface area contributed by atoms with Crippen LogP contribution in [0.25, 0.3) is 0 Å². The second-order valence-electron chi connectivity index (χ2n) is 5.63. The van der Waals surface area contributed by atoms with Gasteiger partial charge in [0.15, 0.2) is 5.13 Å². The van der Waals surface area contributed by atoms with Crippen LogP contribution in [0.2, 0.25) is 0 Å². The van der Waals surface area contributed by atoms with Crippen molar-refractivity contribution < 1.29 is 33.8 Å². The Kier molecular flexibility index (Phi) is 5.24. The summed E-state index contributed by atoms with van der Waals surface area (Å²) in [4.78, 5) is 63.6. The summed E-state index contributed by atoms with van der Waals surface area (Å²) in [5.41, 5.74) is 10.0. The number of carbonyl (C=O) groups is 5. The van der Waals surface area contributed by atoms with Crippen LogP contribution in [0, 0.1) is 0 Å². The molecule has 2 aliphatic heterocycles. The van der Waals surface area contributed by atoms with Crippen molar-refractivity contribution in [3.8, 4) is 0 Å². The van der Waals surface area contributed by atoms with Crippen LogP contribution >= 0.6 is 23.1 Å². The zero-order valence-corrected chi connectivity index (χ0v) is 15.5. The number of nitrogens with one attached hydrogen (secondary N) is 1. The zero-order chi connectivity index (χ0) is 20.6. The second-order valence-corrected chi connectivity index (χ2v) is 7.62. The number of β-lactam (4-membered cyclic amide) rings is 1. The quantitative estimate of drug-likeness (QED) is 0.242. The number of carboxylic acid groups (broad SMARTS) is 1. The van der Waals surface area contributed by atoms with E-state index in [0.717, 1.165) is 28.0 Å². The van der Waals surface area contributed by atoms with E-state index in [1.54, 1.807) is 0 Å². The van der Waals surface area contributed by atoms with Crippen molar-refractivity contribution in [3.63, 3.8) is 0 Å². The SMILES string of the molecule is NC(=O)OCC1=C(C(=O)O)N2C(=O)C(NC(=O)C(=O)c3csc(N)n3)[C@@H]2SC1. The van der Waals surface area contributed by atoms with Gasteiger partial charge in [-0.15, -0.1) is 23.1 Å². The Labute approximate surface area is 164 Å². The third-order valence-electron chi connectivity index (χ3n) is 3.89. The molecule has 2 aliphatic rings. The van der Waals surface area contributed by atoms with E-state index in [1.807, 2.05) is 0 Å². The molecule has 1 fully saturated rings. The van der Waals surface area contributed by atoms with Gasteiger partial charge in [0.1, 0.15) is 29.4 Å². The van der Waals surface area contributed by atoms with Gasteiger partial charge in [0, 0.05) is 16.7 Å². The Morgan fingerprint density at radius 2 is 2.11 bits per heavy atom. The molecule has 0 spiro atoms. The second kappa shape index (κ2) is 7.47. The summed E-state index contributed by atoms with van der Waals surface area (Å²) in [6.07, 6.45) is -1.08. The molecule has 1 unspecified atom stereocenters. The van der Waals surface area contributed by atoms with Gasteiger partial charge in [-0.25, -0.2) is 14.6 Å². The third-order valence-corrected chi connectivity index (χ3v) is 5.90. The number of primary amides is 1. The number of rotatable bonds is 6. The number of aromatic nitrogens is 1. The maximum Gasteiger partial charge on any atom is 0.404 e. The molecule has 0 aromatic carbocycles. The van der Waals surface area contributed by atoms with Crippen LogP contribution in [0.15, 0.2) is 16.7 Å². The predicted molar refractivity (Wildman–Crippen MR) is 96.1 cm³/mol. The fourth-order valence-electron chi connectivity index (χ4n) is 2.67. The first-order chi connectivity index (χ1) is 13.2. The Hall–Kier alpha value is -3.13. The number of thiazole rings is 1. The first-order valence-electron chi connectivity index (χ1n) is 7.59. The topological polar surface area (TPSA) is 195 Å². The molecule has 2 atom stereocenters. The molecule has 14 heteroatoms. The summed E-state index contributed by atoms with van der Waals surface area (Å²) in [5.74, 6) is -3.96. The fraction of sp³-hybridized carbons (Fsp3) is 0.286. The highest BCUT2D eigenvalue weighted by Gasteiger charge is 2.54. The van der Waals surface area contributed by atoms with Crippen molar-refractivity contribution >= 4 is 57.9 Å². The van der Waals surface area contributed by atoms with Gasteiger partial charge < -0.3 is 26.6 Å². The number of ether oxygens (including phenoxy) is 1. The van der Waals surface area contributed by atoms with E-state index >= 15 is 0 Å². The Balaban J connectivity index is 1.73. The van der Waals surface area contributed by atoms with Crippen molar-refractivity contribution in [3.05, 3.63) is 22.3 Å². The van der Waals surface area contributed by atoms with E-state index in [-0.39, 0.29) is 34.5 Å². The number of Topliss-reactive ketones (excluding diaryl/α,β-unsaturated/α-hetero) is 1. The van der Waals surface area contributed by atoms with Crippen LogP contribution in [-0.2, 0) is 19.1 Å². The van der Waals surface area contributed by atoms with Crippen LogP contribution in [0.4, 0.5) is 9.93 Å². The van der Waals surface area contributed by atoms with Gasteiger partial charge in [0.05, 0.1) is 0 Å². The van der Waals surface area contributed by atoms with Crippen LogP contribution in [-0.4, -0.2) is 68.4 Å². The molecule has 0 aliphatic carbocycles. The first-order valence-corrected chi connectivity index (χ1v) is 9.52. The number of ketones is 1. The number of nitrogens with zero attached hydrogens (tertiary/aromatic N) is 2. The summed E-state index contributed by atoms with van der Waals surface area (Å²) >= 11 is 2.14. The lowest BCUT2D eigenvalue weighted by Crippen LogP contribution is -2.71. The van der Waals surface area contributed by atoms with Gasteiger partial charge in [-0.1, -0.05) is 0 Å². The maximum absolute atomic E-state index is 12.4. The molecule has 1 saturated heterocycles. The lowest BCUT2D eigenvalue weighted by molar-refractivity contribution is -0.150. The van der Waals surface area contributed by atoms with Gasteiger partial charge in [0.2, 0.25) is 0 Å². The first kappa shape index (κ1) is 19.6. The van der Waals surface area contributed by atoms with Gasteiger partial charge >= 0.3 is 12.1 Å². The minimum Gasteiger partial charge on any atom is -0.477 e. The zero-order valence-electron chi connectivity index (χ0n) is 13.9. The van der Waals surface area contributed by atoms with Crippen molar-refractivity contribution in [2.75, 3.05) is 18.1 Å². The predicted octanol–water partition coefficient (Wildman–Crippen LogP) is -1.26. The summed E-state index contributed by atoms with van der Waals surface area (Å²) in [6, 6.07) is -1.08. The molecule has 3 rings (SSSR count). The molecule has 148 valence electrons. The van der Waals surface area contributed by atoms with Crippen LogP contribution in [0.1, 0.15) is 10.5 Å². The highest BCUT2D eigenvalue weighted by Crippen LogP contribution is 2.40. The average Bonchev–Trinajstić information content (AvgIpc) is 3.08. The van der Waals surface area contributed by atoms with E-state index in [4.69, 9.17) is 11.5 Å². The number of carboxylic acids is 1. The largest absolute Gasteiger partial charge is 0.477 e.